The average molecular weight is 1680 g/mol. The van der Waals surface area contributed by atoms with Crippen LogP contribution in [0, 0.1) is 0 Å². The Morgan fingerprint density at radius 3 is 0.780 bits per heavy atom. The van der Waals surface area contributed by atoms with Crippen molar-refractivity contribution in [1.82, 2.24) is 78.5 Å². The van der Waals surface area contributed by atoms with E-state index in [1.807, 2.05) is 0 Å². The number of hydrogen-bond acceptors (Lipinski definition) is 27. The minimum Gasteiger partial charge on any atom is -0.481 e. The fraction of sp³-hybridized carbons (Fsp3) is 0.753. The number of nitrogens with one attached hydrogen (secondary N) is 12. The maximum absolute atomic E-state index is 14.4. The number of nitrogens with zero attached hydrogens (tertiary/aromatic N) is 3. The number of carbonyl (C=O) groups excluding carboxylic acids is 15. The Balaban J connectivity index is 1.80. The van der Waals surface area contributed by atoms with Crippen LogP contribution < -0.4 is 98.2 Å². The van der Waals surface area contributed by atoms with Crippen molar-refractivity contribution in [2.75, 3.05) is 72.2 Å². The van der Waals surface area contributed by atoms with Crippen molar-refractivity contribution in [3.05, 3.63) is 0 Å². The minimum absolute atomic E-state index is 0.0214. The number of aliphatic carboxylic acids is 3. The Hall–Kier alpha value is -9.90. The lowest BCUT2D eigenvalue weighted by Gasteiger charge is -2.30. The smallest absolute Gasteiger partial charge is 0.326 e. The third kappa shape index (κ3) is 34.2. The van der Waals surface area contributed by atoms with Crippen molar-refractivity contribution in [1.29, 1.82) is 0 Å². The summed E-state index contributed by atoms with van der Waals surface area (Å²) in [5, 5.41) is 89.9. The number of carboxylic acid groups (broad SMARTS) is 3. The predicted molar refractivity (Wildman–Crippen MR) is 420 cm³/mol. The second-order valence-corrected chi connectivity index (χ2v) is 29.6. The standard InChI is InChI=1S/C73H127N21O24/c1-40(79)58(102)82-45(19-6-11-31-76)63(107)89-50(37-95)70(114)92-34-14-22-53(92)68(112)87-48(25-27-56(98)99)66(110)85-43(17-4-9-29-74)61(105)80-41(2)59(103)83-46(20-7-12-32-77)64(108)90-51(38-96)71(115)93-35-15-23-54(93)69(113)88-49(26-28-57(100)101)67(111)86-44(18-5-10-30-75)62(106)81-42(3)60(104)84-47(21-8-13-33-78)65(109)91-52(39-97)72(116)94-36-16-24-55(94)73(117)118/h40-55,95-97H,4-39,74-79H2,1-3H3,(H,80,105)(H,81,106)(H,82,102)(H,83,103)(H,84,104)(H,85,110)(H,86,111)(H,87,112)(H,88,113)(H,89,107)(H,90,108)(H,91,109)(H,98,99)(H,100,101)(H,117,118)/t40-,41-,42-,43-,44-,45-,46-,47-,48-,49-,50-,51-,52-,53-,54-,55-/m0/s1. The molecule has 3 saturated heterocycles. The summed E-state index contributed by atoms with van der Waals surface area (Å²) >= 11 is 0. The van der Waals surface area contributed by atoms with Crippen LogP contribution in [0.2, 0.25) is 0 Å². The lowest BCUT2D eigenvalue weighted by Crippen LogP contribution is -2.61. The van der Waals surface area contributed by atoms with E-state index in [4.69, 9.17) is 34.4 Å². The fourth-order valence-corrected chi connectivity index (χ4v) is 13.5. The molecule has 0 saturated carbocycles. The Bertz CT molecular complexity index is 3380. The zero-order valence-corrected chi connectivity index (χ0v) is 67.5. The van der Waals surface area contributed by atoms with Crippen LogP contribution in [0.5, 0.6) is 0 Å². The third-order valence-electron chi connectivity index (χ3n) is 20.3. The van der Waals surface area contributed by atoms with Crippen molar-refractivity contribution >= 4 is 107 Å². The van der Waals surface area contributed by atoms with Crippen molar-refractivity contribution in [2.24, 2.45) is 34.4 Å². The van der Waals surface area contributed by atoms with E-state index in [0.29, 0.717) is 44.9 Å². The van der Waals surface area contributed by atoms with Gasteiger partial charge in [0.25, 0.3) is 0 Å². The van der Waals surface area contributed by atoms with E-state index in [-0.39, 0.29) is 142 Å². The molecule has 30 N–H and O–H groups in total. The number of aliphatic hydroxyl groups is 3. The second kappa shape index (κ2) is 54.2. The third-order valence-corrected chi connectivity index (χ3v) is 20.3. The Morgan fingerprint density at radius 1 is 0.305 bits per heavy atom. The normalized spacial score (nSPS) is 18.4. The molecule has 15 amide bonds. The second-order valence-electron chi connectivity index (χ2n) is 29.6. The summed E-state index contributed by atoms with van der Waals surface area (Å²) in [6.45, 7) is 1.73. The predicted octanol–water partition coefficient (Wildman–Crippen LogP) is -9.40. The molecule has 0 bridgehead atoms. The highest BCUT2D eigenvalue weighted by atomic mass is 16.4. The van der Waals surface area contributed by atoms with Gasteiger partial charge < -0.3 is 144 Å². The van der Waals surface area contributed by atoms with Crippen LogP contribution in [0.1, 0.15) is 181 Å². The molecule has 0 unspecified atom stereocenters. The summed E-state index contributed by atoms with van der Waals surface area (Å²) in [6.07, 6.45) is 1.25. The summed E-state index contributed by atoms with van der Waals surface area (Å²) in [5.41, 5.74) is 34.2. The van der Waals surface area contributed by atoms with Crippen molar-refractivity contribution in [2.45, 2.75) is 278 Å². The molecule has 3 fully saturated rings. The van der Waals surface area contributed by atoms with Gasteiger partial charge >= 0.3 is 17.9 Å². The van der Waals surface area contributed by atoms with Gasteiger partial charge in [-0.25, -0.2) is 4.79 Å². The van der Waals surface area contributed by atoms with E-state index in [2.05, 4.69) is 63.8 Å². The zero-order chi connectivity index (χ0) is 88.3. The number of hydrogen-bond donors (Lipinski definition) is 24. The van der Waals surface area contributed by atoms with Crippen LogP contribution in [-0.4, -0.2) is 321 Å². The molecule has 45 nitrogen and oxygen atoms in total. The van der Waals surface area contributed by atoms with Crippen LogP contribution in [-0.2, 0) is 86.3 Å². The number of carbonyl (C=O) groups is 18. The number of rotatable bonds is 57. The van der Waals surface area contributed by atoms with Gasteiger partial charge in [-0.05, 0) is 201 Å². The molecular weight excluding hydrogens is 1550 g/mol. The largest absolute Gasteiger partial charge is 0.481 e. The number of carboxylic acids is 3. The first-order valence-electron chi connectivity index (χ1n) is 40.4. The van der Waals surface area contributed by atoms with E-state index < -0.39 is 249 Å². The summed E-state index contributed by atoms with van der Waals surface area (Å²) < 4.78 is 0. The van der Waals surface area contributed by atoms with Gasteiger partial charge in [0.2, 0.25) is 88.6 Å². The molecule has 0 aromatic rings. The van der Waals surface area contributed by atoms with Gasteiger partial charge in [-0.1, -0.05) is 0 Å². The van der Waals surface area contributed by atoms with Crippen LogP contribution in [0.25, 0.3) is 0 Å². The molecule has 45 heteroatoms. The minimum atomic E-state index is -1.79. The molecule has 16 atom stereocenters. The first kappa shape index (κ1) is 102. The number of unbranched alkanes of at least 4 members (excludes halogenated alkanes) is 5. The lowest BCUT2D eigenvalue weighted by molar-refractivity contribution is -0.150. The van der Waals surface area contributed by atoms with Crippen LogP contribution in [0.15, 0.2) is 0 Å². The number of amides is 15. The maximum atomic E-state index is 14.4. The molecule has 0 aromatic carbocycles. The summed E-state index contributed by atoms with van der Waals surface area (Å²) in [7, 11) is 0. The van der Waals surface area contributed by atoms with Gasteiger partial charge in [0.15, 0.2) is 0 Å². The first-order valence-corrected chi connectivity index (χ1v) is 40.4. The Morgan fingerprint density at radius 2 is 0.534 bits per heavy atom. The van der Waals surface area contributed by atoms with Crippen LogP contribution in [0.4, 0.5) is 0 Å². The van der Waals surface area contributed by atoms with Crippen LogP contribution in [0.3, 0.4) is 0 Å². The molecule has 0 radical (unpaired) electrons. The zero-order valence-electron chi connectivity index (χ0n) is 67.5. The number of nitrogens with two attached hydrogens (primary N) is 6. The maximum Gasteiger partial charge on any atom is 0.326 e. The molecule has 0 aromatic heterocycles. The van der Waals surface area contributed by atoms with Gasteiger partial charge in [0, 0.05) is 32.5 Å². The summed E-state index contributed by atoms with van der Waals surface area (Å²) in [5.74, 6) is -18.1. The quantitative estimate of drug-likeness (QED) is 0.0252. The van der Waals surface area contributed by atoms with E-state index in [1.54, 1.807) is 0 Å². The molecule has 0 spiro atoms. The first-order chi connectivity index (χ1) is 56.1. The van der Waals surface area contributed by atoms with E-state index >= 15 is 0 Å². The SMILES string of the molecule is C[C@H](N)C(=O)N[C@@H](CCCCN)C(=O)N[C@@H](CO)C(=O)N1CCC[C@H]1C(=O)N[C@@H](CCC(=O)O)C(=O)N[C@@H](CCCCN)C(=O)N[C@@H](C)C(=O)N[C@@H](CCCCN)C(=O)N[C@@H](CO)C(=O)N1CCC[C@H]1C(=O)N[C@@H](CCC(=O)O)C(=O)N[C@@H](CCCCN)C(=O)N[C@@H](C)C(=O)N[C@@H](CCCCN)C(=O)N[C@@H](CO)C(=O)N1CCC[C@H]1C(=O)O. The molecule has 3 aliphatic heterocycles. The summed E-state index contributed by atoms with van der Waals surface area (Å²) in [6, 6.07) is -23.2. The lowest BCUT2D eigenvalue weighted by atomic mass is 10.0. The van der Waals surface area contributed by atoms with Crippen molar-refractivity contribution in [3.8, 4) is 0 Å². The molecule has 0 aliphatic carbocycles. The Kier molecular flexibility index (Phi) is 47.0. The number of aliphatic hydroxyl groups excluding tert-OH is 3. The monoisotopic (exact) mass is 1680 g/mol. The Labute approximate surface area is 684 Å². The molecule has 668 valence electrons. The fourth-order valence-electron chi connectivity index (χ4n) is 13.5. The van der Waals surface area contributed by atoms with Gasteiger partial charge in [-0.2, -0.15) is 0 Å². The molecule has 3 rings (SSSR count). The van der Waals surface area contributed by atoms with E-state index in [9.17, 15) is 117 Å². The molecule has 3 heterocycles. The van der Waals surface area contributed by atoms with Crippen LogP contribution >= 0.6 is 0 Å². The highest BCUT2D eigenvalue weighted by molar-refractivity contribution is 6.01. The molecule has 3 aliphatic rings. The topological polar surface area (TPSA) is 739 Å². The number of likely N-dealkylation sites (tertiary alicyclic amines) is 3. The highest BCUT2D eigenvalue weighted by Gasteiger charge is 2.44. The van der Waals surface area contributed by atoms with Gasteiger partial charge in [-0.15, -0.1) is 0 Å². The average Bonchev–Trinajstić information content (AvgIpc) is 1.32. The highest BCUT2D eigenvalue weighted by Crippen LogP contribution is 2.23. The molecular formula is C73H127N21O24. The van der Waals surface area contributed by atoms with Crippen molar-refractivity contribution in [3.63, 3.8) is 0 Å². The van der Waals surface area contributed by atoms with Gasteiger partial charge in [-0.3, -0.25) is 81.5 Å². The van der Waals surface area contributed by atoms with Crippen molar-refractivity contribution < 1.29 is 117 Å². The van der Waals surface area contributed by atoms with E-state index in [0.717, 1.165) is 14.7 Å². The van der Waals surface area contributed by atoms with E-state index in [1.165, 1.54) is 20.8 Å². The summed E-state index contributed by atoms with van der Waals surface area (Å²) in [4.78, 5) is 248. The van der Waals surface area contributed by atoms with Gasteiger partial charge in [0.1, 0.15) is 90.6 Å². The van der Waals surface area contributed by atoms with Gasteiger partial charge in [0.05, 0.1) is 25.9 Å². The molecule has 118 heavy (non-hydrogen) atoms.